The predicted molar refractivity (Wildman–Crippen MR) is 215 cm³/mol. The molecule has 1 aliphatic rings. The maximum Gasteiger partial charge on any atom is -0.000718 e. The highest BCUT2D eigenvalue weighted by Gasteiger charge is 2.32. The van der Waals surface area contributed by atoms with Crippen LogP contribution in [0, 0.1) is 13.8 Å². The first kappa shape index (κ1) is 27.7. The van der Waals surface area contributed by atoms with Crippen LogP contribution in [0.1, 0.15) is 11.1 Å². The van der Waals surface area contributed by atoms with Gasteiger partial charge in [0.15, 0.2) is 0 Å². The lowest BCUT2D eigenvalue weighted by Gasteiger charge is -2.21. The molecule has 0 saturated heterocycles. The summed E-state index contributed by atoms with van der Waals surface area (Å²) in [5.41, 5.74) is 15.8. The minimum atomic E-state index is 1.25. The van der Waals surface area contributed by atoms with Crippen molar-refractivity contribution in [3.8, 4) is 55.6 Å². The average molecular weight is 633 g/mol. The topological polar surface area (TPSA) is 0 Å². The van der Waals surface area contributed by atoms with Crippen LogP contribution in [-0.4, -0.2) is 0 Å². The standard InChI is InChI=1S/C50H32/c1-29-12-11-13-30(2)43(29)37-24-22-33-20-21-34-23-25-38-48-42(28-41(37)44(33)47(34)48)50-46(32-16-7-4-8-17-32)40-27-36-19-10-9-18-35(36)26-39(40)45(49(38)50)31-14-5-3-6-15-31/h3-28H,1-2H3. The smallest absolute Gasteiger partial charge is 0.000718 e. The molecule has 0 fully saturated rings. The van der Waals surface area contributed by atoms with E-state index in [1.54, 1.807) is 0 Å². The van der Waals surface area contributed by atoms with Gasteiger partial charge in [-0.05, 0) is 153 Å². The quantitative estimate of drug-likeness (QED) is 0.134. The molecule has 0 bridgehead atoms. The minimum Gasteiger partial charge on any atom is -0.0622 e. The molecule has 0 N–H and O–H groups in total. The van der Waals surface area contributed by atoms with E-state index in [4.69, 9.17) is 0 Å². The van der Waals surface area contributed by atoms with Crippen LogP contribution in [0.2, 0.25) is 0 Å². The van der Waals surface area contributed by atoms with Gasteiger partial charge in [0.25, 0.3) is 0 Å². The Labute approximate surface area is 291 Å². The monoisotopic (exact) mass is 632 g/mol. The molecular formula is C50H32. The molecule has 10 aromatic carbocycles. The zero-order valence-corrected chi connectivity index (χ0v) is 28.0. The third-order valence-corrected chi connectivity index (χ3v) is 11.4. The molecule has 0 spiro atoms. The predicted octanol–water partition coefficient (Wildman–Crippen LogP) is 14.2. The Morgan fingerprint density at radius 3 is 1.38 bits per heavy atom. The van der Waals surface area contributed by atoms with E-state index in [0.29, 0.717) is 0 Å². The molecule has 1 aliphatic carbocycles. The van der Waals surface area contributed by atoms with E-state index >= 15 is 0 Å². The van der Waals surface area contributed by atoms with Crippen molar-refractivity contribution >= 4 is 53.9 Å². The van der Waals surface area contributed by atoms with E-state index in [1.165, 1.54) is 121 Å². The fourth-order valence-corrected chi connectivity index (χ4v) is 9.29. The van der Waals surface area contributed by atoms with Crippen LogP contribution in [-0.2, 0) is 0 Å². The molecule has 0 aliphatic heterocycles. The van der Waals surface area contributed by atoms with Crippen LogP contribution in [0.15, 0.2) is 158 Å². The second-order valence-corrected chi connectivity index (χ2v) is 14.1. The second-order valence-electron chi connectivity index (χ2n) is 14.1. The molecule has 0 amide bonds. The van der Waals surface area contributed by atoms with Crippen molar-refractivity contribution in [1.29, 1.82) is 0 Å². The van der Waals surface area contributed by atoms with Crippen molar-refractivity contribution in [2.24, 2.45) is 0 Å². The number of aryl methyl sites for hydroxylation is 2. The lowest BCUT2D eigenvalue weighted by molar-refractivity contribution is 1.39. The summed E-state index contributed by atoms with van der Waals surface area (Å²) in [6.45, 7) is 4.51. The van der Waals surface area contributed by atoms with Gasteiger partial charge in [-0.1, -0.05) is 140 Å². The van der Waals surface area contributed by atoms with E-state index in [-0.39, 0.29) is 0 Å². The first-order valence-corrected chi connectivity index (χ1v) is 17.6. The van der Waals surface area contributed by atoms with Crippen molar-refractivity contribution in [2.45, 2.75) is 13.8 Å². The van der Waals surface area contributed by atoms with Crippen LogP contribution in [0.3, 0.4) is 0 Å². The average Bonchev–Trinajstić information content (AvgIpc) is 3.48. The van der Waals surface area contributed by atoms with Gasteiger partial charge in [-0.25, -0.2) is 0 Å². The van der Waals surface area contributed by atoms with Crippen LogP contribution >= 0.6 is 0 Å². The summed E-state index contributed by atoms with van der Waals surface area (Å²) in [5, 5.41) is 13.2. The molecule has 0 aromatic heterocycles. The Morgan fingerprint density at radius 2 is 0.780 bits per heavy atom. The van der Waals surface area contributed by atoms with Gasteiger partial charge in [0.2, 0.25) is 0 Å². The molecule has 0 heterocycles. The van der Waals surface area contributed by atoms with Crippen LogP contribution in [0.5, 0.6) is 0 Å². The van der Waals surface area contributed by atoms with Crippen molar-refractivity contribution in [1.82, 2.24) is 0 Å². The van der Waals surface area contributed by atoms with Gasteiger partial charge in [0, 0.05) is 0 Å². The van der Waals surface area contributed by atoms with Crippen molar-refractivity contribution in [2.75, 3.05) is 0 Å². The fraction of sp³-hybridized carbons (Fsp3) is 0.0400. The van der Waals surface area contributed by atoms with Crippen LogP contribution in [0.4, 0.5) is 0 Å². The molecule has 10 aromatic rings. The molecular weight excluding hydrogens is 601 g/mol. The summed E-state index contributed by atoms with van der Waals surface area (Å²) in [7, 11) is 0. The van der Waals surface area contributed by atoms with Gasteiger partial charge in [0.05, 0.1) is 0 Å². The first-order valence-electron chi connectivity index (χ1n) is 17.6. The lowest BCUT2D eigenvalue weighted by Crippen LogP contribution is -1.94. The normalized spacial score (nSPS) is 12.2. The molecule has 0 unspecified atom stereocenters. The van der Waals surface area contributed by atoms with Crippen LogP contribution < -0.4 is 0 Å². The molecule has 0 nitrogen and oxygen atoms in total. The van der Waals surface area contributed by atoms with Crippen molar-refractivity contribution in [3.05, 3.63) is 169 Å². The van der Waals surface area contributed by atoms with Crippen LogP contribution in [0.25, 0.3) is 109 Å². The highest BCUT2D eigenvalue weighted by molar-refractivity contribution is 6.37. The Hall–Kier alpha value is -6.24. The van der Waals surface area contributed by atoms with E-state index < -0.39 is 0 Å². The fourth-order valence-electron chi connectivity index (χ4n) is 9.29. The van der Waals surface area contributed by atoms with Gasteiger partial charge in [0.1, 0.15) is 0 Å². The number of benzene rings is 10. The maximum absolute atomic E-state index is 2.55. The molecule has 0 heteroatoms. The van der Waals surface area contributed by atoms with E-state index in [1.807, 2.05) is 0 Å². The summed E-state index contributed by atoms with van der Waals surface area (Å²) in [5.74, 6) is 0. The molecule has 0 saturated carbocycles. The van der Waals surface area contributed by atoms with Crippen molar-refractivity contribution in [3.63, 3.8) is 0 Å². The largest absolute Gasteiger partial charge is 0.0622 e. The Morgan fingerprint density at radius 1 is 0.280 bits per heavy atom. The number of hydrogen-bond acceptors (Lipinski definition) is 0. The van der Waals surface area contributed by atoms with E-state index in [2.05, 4.69) is 172 Å². The highest BCUT2D eigenvalue weighted by Crippen LogP contribution is 2.60. The third kappa shape index (κ3) is 3.66. The van der Waals surface area contributed by atoms with Gasteiger partial charge < -0.3 is 0 Å². The van der Waals surface area contributed by atoms with Gasteiger partial charge in [-0.2, -0.15) is 0 Å². The summed E-state index contributed by atoms with van der Waals surface area (Å²) >= 11 is 0. The van der Waals surface area contributed by atoms with Gasteiger partial charge in [-0.15, -0.1) is 0 Å². The third-order valence-electron chi connectivity index (χ3n) is 11.4. The number of fused-ring (bicyclic) bond motifs is 5. The van der Waals surface area contributed by atoms with Crippen molar-refractivity contribution < 1.29 is 0 Å². The SMILES string of the molecule is Cc1cccc(C)c1-c1ccc2ccc3ccc4c5c(cc1c2c35)-c1c-4c(-c2ccccc2)c2cc3ccccc3cc2c1-c1ccccc1. The zero-order valence-electron chi connectivity index (χ0n) is 28.0. The Kier molecular flexibility index (Phi) is 5.61. The Balaban J connectivity index is 1.41. The summed E-state index contributed by atoms with van der Waals surface area (Å²) in [6.07, 6.45) is 0. The first-order chi connectivity index (χ1) is 24.7. The Bertz CT molecular complexity index is 3000. The number of hydrogen-bond donors (Lipinski definition) is 0. The summed E-state index contributed by atoms with van der Waals surface area (Å²) in [6, 6.07) is 59.2. The molecule has 0 atom stereocenters. The highest BCUT2D eigenvalue weighted by atomic mass is 14.3. The second kappa shape index (κ2) is 10.1. The molecule has 50 heavy (non-hydrogen) atoms. The number of rotatable bonds is 3. The molecule has 11 rings (SSSR count). The maximum atomic E-state index is 2.55. The van der Waals surface area contributed by atoms with E-state index in [9.17, 15) is 0 Å². The zero-order chi connectivity index (χ0) is 33.1. The minimum absolute atomic E-state index is 1.25. The van der Waals surface area contributed by atoms with Gasteiger partial charge in [-0.3, -0.25) is 0 Å². The van der Waals surface area contributed by atoms with E-state index in [0.717, 1.165) is 0 Å². The molecule has 232 valence electrons. The lowest BCUT2D eigenvalue weighted by atomic mass is 9.81. The molecule has 0 radical (unpaired) electrons. The van der Waals surface area contributed by atoms with Gasteiger partial charge >= 0.3 is 0 Å². The summed E-state index contributed by atoms with van der Waals surface area (Å²) < 4.78 is 0. The summed E-state index contributed by atoms with van der Waals surface area (Å²) in [4.78, 5) is 0.